The van der Waals surface area contributed by atoms with Crippen LogP contribution in [0.1, 0.15) is 39.0 Å². The summed E-state index contributed by atoms with van der Waals surface area (Å²) < 4.78 is 0. The van der Waals surface area contributed by atoms with Crippen LogP contribution in [0.5, 0.6) is 0 Å². The zero-order chi connectivity index (χ0) is 9.10. The second kappa shape index (κ2) is 7.72. The van der Waals surface area contributed by atoms with Gasteiger partial charge < -0.3 is 5.32 Å². The maximum absolute atomic E-state index is 3.51. The molecule has 0 spiro atoms. The van der Waals surface area contributed by atoms with E-state index in [0.29, 0.717) is 0 Å². The largest absolute Gasteiger partial charge is 0.315 e. The molecule has 0 saturated carbocycles. The van der Waals surface area contributed by atoms with Crippen molar-refractivity contribution in [1.82, 2.24) is 10.2 Å². The molecule has 0 aliphatic carbocycles. The average molecular weight is 255 g/mol. The van der Waals surface area contributed by atoms with E-state index < -0.39 is 0 Å². The Morgan fingerprint density at radius 2 is 1.87 bits per heavy atom. The third kappa shape index (κ3) is 4.10. The first kappa shape index (κ1) is 15.5. The van der Waals surface area contributed by atoms with Crippen LogP contribution in [0.25, 0.3) is 0 Å². The SMILES string of the molecule is CC1CCCCN1C1CCCNC1.Cl.Cl. The van der Waals surface area contributed by atoms with E-state index in [2.05, 4.69) is 17.1 Å². The van der Waals surface area contributed by atoms with E-state index in [1.54, 1.807) is 0 Å². The van der Waals surface area contributed by atoms with E-state index in [1.165, 1.54) is 51.7 Å². The smallest absolute Gasteiger partial charge is 0.0223 e. The molecule has 2 fully saturated rings. The van der Waals surface area contributed by atoms with Crippen molar-refractivity contribution in [2.75, 3.05) is 19.6 Å². The van der Waals surface area contributed by atoms with E-state index in [4.69, 9.17) is 0 Å². The summed E-state index contributed by atoms with van der Waals surface area (Å²) in [6.45, 7) is 6.20. The van der Waals surface area contributed by atoms with Gasteiger partial charge in [-0.3, -0.25) is 4.90 Å². The van der Waals surface area contributed by atoms with Gasteiger partial charge in [0.25, 0.3) is 0 Å². The van der Waals surface area contributed by atoms with E-state index >= 15 is 0 Å². The Bertz CT molecular complexity index is 161. The highest BCUT2D eigenvalue weighted by molar-refractivity contribution is 5.85. The Morgan fingerprint density at radius 1 is 1.07 bits per heavy atom. The lowest BCUT2D eigenvalue weighted by molar-refractivity contribution is 0.0890. The van der Waals surface area contributed by atoms with Crippen molar-refractivity contribution in [1.29, 1.82) is 0 Å². The number of rotatable bonds is 1. The molecule has 0 aromatic rings. The average Bonchev–Trinajstić information content (AvgIpc) is 2.20. The van der Waals surface area contributed by atoms with Crippen LogP contribution < -0.4 is 5.32 Å². The Labute approximate surface area is 106 Å². The van der Waals surface area contributed by atoms with Crippen LogP contribution in [0.15, 0.2) is 0 Å². The zero-order valence-corrected chi connectivity index (χ0v) is 11.2. The topological polar surface area (TPSA) is 15.3 Å². The summed E-state index contributed by atoms with van der Waals surface area (Å²) in [6, 6.07) is 1.67. The molecule has 2 rings (SSSR count). The molecule has 4 heteroatoms. The second-order valence-corrected chi connectivity index (χ2v) is 4.58. The van der Waals surface area contributed by atoms with Crippen LogP contribution in [-0.2, 0) is 0 Å². The molecular weight excluding hydrogens is 231 g/mol. The van der Waals surface area contributed by atoms with E-state index in [-0.39, 0.29) is 24.8 Å². The summed E-state index contributed by atoms with van der Waals surface area (Å²) in [5, 5.41) is 3.51. The van der Waals surface area contributed by atoms with Gasteiger partial charge in [0.05, 0.1) is 0 Å². The van der Waals surface area contributed by atoms with E-state index in [9.17, 15) is 0 Å². The van der Waals surface area contributed by atoms with Gasteiger partial charge in [-0.2, -0.15) is 0 Å². The van der Waals surface area contributed by atoms with Gasteiger partial charge in [0.2, 0.25) is 0 Å². The number of hydrogen-bond donors (Lipinski definition) is 1. The fraction of sp³-hybridized carbons (Fsp3) is 1.00. The minimum atomic E-state index is 0. The van der Waals surface area contributed by atoms with Crippen LogP contribution in [0.2, 0.25) is 0 Å². The highest BCUT2D eigenvalue weighted by atomic mass is 35.5. The van der Waals surface area contributed by atoms with Crippen molar-refractivity contribution in [2.45, 2.75) is 51.1 Å². The summed E-state index contributed by atoms with van der Waals surface area (Å²) in [6.07, 6.45) is 7.06. The molecular formula is C11H24Cl2N2. The molecule has 92 valence electrons. The van der Waals surface area contributed by atoms with Crippen LogP contribution in [0.4, 0.5) is 0 Å². The van der Waals surface area contributed by atoms with Gasteiger partial charge in [0.15, 0.2) is 0 Å². The van der Waals surface area contributed by atoms with Gasteiger partial charge >= 0.3 is 0 Å². The maximum Gasteiger partial charge on any atom is 0.0223 e. The van der Waals surface area contributed by atoms with Crippen LogP contribution in [-0.4, -0.2) is 36.6 Å². The van der Waals surface area contributed by atoms with Crippen molar-refractivity contribution >= 4 is 24.8 Å². The van der Waals surface area contributed by atoms with Gasteiger partial charge in [-0.1, -0.05) is 6.42 Å². The minimum absolute atomic E-state index is 0. The standard InChI is InChI=1S/C11H22N2.2ClH/c1-10-5-2-3-8-13(10)11-6-4-7-12-9-11;;/h10-12H,2-9H2,1H3;2*1H. The molecule has 0 radical (unpaired) electrons. The van der Waals surface area contributed by atoms with E-state index in [1.807, 2.05) is 0 Å². The molecule has 2 unspecified atom stereocenters. The number of nitrogens with zero attached hydrogens (tertiary/aromatic N) is 1. The highest BCUT2D eigenvalue weighted by Gasteiger charge is 2.26. The minimum Gasteiger partial charge on any atom is -0.315 e. The van der Waals surface area contributed by atoms with Crippen LogP contribution >= 0.6 is 24.8 Å². The fourth-order valence-corrected chi connectivity index (χ4v) is 2.78. The Balaban J connectivity index is 0.000000980. The second-order valence-electron chi connectivity index (χ2n) is 4.58. The third-order valence-electron chi connectivity index (χ3n) is 3.59. The number of nitrogens with one attached hydrogen (secondary N) is 1. The van der Waals surface area contributed by atoms with Crippen molar-refractivity contribution in [2.24, 2.45) is 0 Å². The molecule has 0 aromatic carbocycles. The van der Waals surface area contributed by atoms with Crippen molar-refractivity contribution in [3.63, 3.8) is 0 Å². The normalized spacial score (nSPS) is 32.6. The van der Waals surface area contributed by atoms with Gasteiger partial charge in [0.1, 0.15) is 0 Å². The fourth-order valence-electron chi connectivity index (χ4n) is 2.78. The number of piperidine rings is 2. The monoisotopic (exact) mass is 254 g/mol. The quantitative estimate of drug-likeness (QED) is 0.774. The summed E-state index contributed by atoms with van der Waals surface area (Å²) in [5.41, 5.74) is 0. The van der Waals surface area contributed by atoms with Crippen molar-refractivity contribution in [3.8, 4) is 0 Å². The summed E-state index contributed by atoms with van der Waals surface area (Å²) >= 11 is 0. The highest BCUT2D eigenvalue weighted by Crippen LogP contribution is 2.21. The molecule has 2 heterocycles. The predicted molar refractivity (Wildman–Crippen MR) is 70.4 cm³/mol. The molecule has 15 heavy (non-hydrogen) atoms. The lowest BCUT2D eigenvalue weighted by Crippen LogP contribution is -2.51. The van der Waals surface area contributed by atoms with Gasteiger partial charge in [-0.15, -0.1) is 24.8 Å². The molecule has 2 saturated heterocycles. The van der Waals surface area contributed by atoms with Crippen molar-refractivity contribution in [3.05, 3.63) is 0 Å². The lowest BCUT2D eigenvalue weighted by atomic mass is 9.97. The Kier molecular flexibility index (Phi) is 7.98. The Morgan fingerprint density at radius 3 is 2.47 bits per heavy atom. The summed E-state index contributed by atoms with van der Waals surface area (Å²) in [5.74, 6) is 0. The van der Waals surface area contributed by atoms with Crippen LogP contribution in [0.3, 0.4) is 0 Å². The van der Waals surface area contributed by atoms with Gasteiger partial charge in [-0.25, -0.2) is 0 Å². The first-order valence-electron chi connectivity index (χ1n) is 5.84. The first-order chi connectivity index (χ1) is 6.38. The number of likely N-dealkylation sites (tertiary alicyclic amines) is 1. The van der Waals surface area contributed by atoms with Crippen LogP contribution in [0, 0.1) is 0 Å². The molecule has 2 nitrogen and oxygen atoms in total. The summed E-state index contributed by atoms with van der Waals surface area (Å²) in [7, 11) is 0. The first-order valence-corrected chi connectivity index (χ1v) is 5.84. The number of halogens is 2. The van der Waals surface area contributed by atoms with Crippen molar-refractivity contribution < 1.29 is 0 Å². The summed E-state index contributed by atoms with van der Waals surface area (Å²) in [4.78, 5) is 2.73. The van der Waals surface area contributed by atoms with Gasteiger partial charge in [0, 0.05) is 18.6 Å². The molecule has 0 aromatic heterocycles. The van der Waals surface area contributed by atoms with E-state index in [0.717, 1.165) is 12.1 Å². The lowest BCUT2D eigenvalue weighted by Gasteiger charge is -2.41. The molecule has 2 aliphatic rings. The number of hydrogen-bond acceptors (Lipinski definition) is 2. The molecule has 0 amide bonds. The zero-order valence-electron chi connectivity index (χ0n) is 9.58. The predicted octanol–water partition coefficient (Wildman–Crippen LogP) is 2.46. The molecule has 2 atom stereocenters. The Hall–Kier alpha value is 0.500. The third-order valence-corrected chi connectivity index (χ3v) is 3.59. The van der Waals surface area contributed by atoms with Gasteiger partial charge in [-0.05, 0) is 45.7 Å². The molecule has 2 aliphatic heterocycles. The molecule has 1 N–H and O–H groups in total. The molecule has 0 bridgehead atoms. The maximum atomic E-state index is 3.51.